The van der Waals surface area contributed by atoms with Gasteiger partial charge in [0.1, 0.15) is 6.04 Å². The lowest BCUT2D eigenvalue weighted by molar-refractivity contribution is -0.129. The van der Waals surface area contributed by atoms with Crippen molar-refractivity contribution in [3.63, 3.8) is 0 Å². The highest BCUT2D eigenvalue weighted by Gasteiger charge is 2.25. The lowest BCUT2D eigenvalue weighted by Crippen LogP contribution is -2.52. The van der Waals surface area contributed by atoms with Gasteiger partial charge in [0.15, 0.2) is 0 Å². The molecule has 0 aliphatic carbocycles. The molecule has 0 fully saturated rings. The van der Waals surface area contributed by atoms with Crippen molar-refractivity contribution in [3.05, 3.63) is 64.7 Å². The molecular weight excluding hydrogens is 432 g/mol. The molecule has 0 unspecified atom stereocenters. The van der Waals surface area contributed by atoms with E-state index in [2.05, 4.69) is 43.5 Å². The molecule has 2 aromatic carbocycles. The molecule has 1 heterocycles. The fourth-order valence-electron chi connectivity index (χ4n) is 3.60. The second-order valence-electron chi connectivity index (χ2n) is 9.35. The first-order valence-electron chi connectivity index (χ1n) is 11.4. The molecule has 0 saturated heterocycles. The van der Waals surface area contributed by atoms with Crippen LogP contribution in [0.1, 0.15) is 50.3 Å². The van der Waals surface area contributed by atoms with E-state index in [0.717, 1.165) is 20.8 Å². The van der Waals surface area contributed by atoms with E-state index in [-0.39, 0.29) is 23.3 Å². The summed E-state index contributed by atoms with van der Waals surface area (Å²) in [6.45, 7) is 8.63. The number of amides is 2. The van der Waals surface area contributed by atoms with E-state index in [1.807, 2.05) is 36.4 Å². The average Bonchev–Trinajstić information content (AvgIpc) is 3.19. The Hall–Kier alpha value is -2.77. The van der Waals surface area contributed by atoms with Gasteiger partial charge in [0.25, 0.3) is 0 Å². The molecule has 0 saturated carbocycles. The number of nitrogens with zero attached hydrogens (tertiary/aromatic N) is 1. The number of carbonyl (C=O) groups excluding carboxylic acids is 2. The molecule has 6 nitrogen and oxygen atoms in total. The molecule has 3 rings (SSSR count). The zero-order chi connectivity index (χ0) is 24.0. The molecule has 0 radical (unpaired) electrons. The molecule has 1 aromatic heterocycles. The second kappa shape index (κ2) is 10.9. The van der Waals surface area contributed by atoms with Crippen LogP contribution in [0.15, 0.2) is 48.5 Å². The summed E-state index contributed by atoms with van der Waals surface area (Å²) < 4.78 is 1.09. The molecule has 0 spiro atoms. The van der Waals surface area contributed by atoms with Crippen LogP contribution in [0.25, 0.3) is 10.2 Å². The van der Waals surface area contributed by atoms with E-state index in [4.69, 9.17) is 10.7 Å². The largest absolute Gasteiger partial charge is 0.350 e. The van der Waals surface area contributed by atoms with E-state index in [0.29, 0.717) is 25.8 Å². The molecule has 3 aromatic rings. The van der Waals surface area contributed by atoms with Crippen LogP contribution in [0.4, 0.5) is 0 Å². The van der Waals surface area contributed by atoms with Crippen LogP contribution >= 0.6 is 11.3 Å². The van der Waals surface area contributed by atoms with Gasteiger partial charge in [0.05, 0.1) is 15.2 Å². The number of thiazole rings is 1. The monoisotopic (exact) mass is 466 g/mol. The van der Waals surface area contributed by atoms with E-state index < -0.39 is 6.04 Å². The summed E-state index contributed by atoms with van der Waals surface area (Å²) in [5.41, 5.74) is 9.24. The van der Waals surface area contributed by atoms with Gasteiger partial charge < -0.3 is 16.4 Å². The number of hydrogen-bond donors (Lipinski definition) is 3. The smallest absolute Gasteiger partial charge is 0.243 e. The molecular formula is C26H34N4O2S. The first kappa shape index (κ1) is 24.9. The minimum Gasteiger partial charge on any atom is -0.350 e. The fraction of sp³-hybridized carbons (Fsp3) is 0.423. The number of fused-ring (bicyclic) bond motifs is 1. The summed E-state index contributed by atoms with van der Waals surface area (Å²) >= 11 is 1.57. The molecule has 2 atom stereocenters. The number of rotatable bonds is 9. The average molecular weight is 467 g/mol. The van der Waals surface area contributed by atoms with Crippen LogP contribution in [0.3, 0.4) is 0 Å². The first-order chi connectivity index (χ1) is 15.7. The van der Waals surface area contributed by atoms with Crippen molar-refractivity contribution in [2.75, 3.05) is 6.54 Å². The normalized spacial score (nSPS) is 13.5. The van der Waals surface area contributed by atoms with E-state index in [9.17, 15) is 9.59 Å². The van der Waals surface area contributed by atoms with Gasteiger partial charge in [-0.05, 0) is 35.1 Å². The van der Waals surface area contributed by atoms with E-state index >= 15 is 0 Å². The molecule has 0 bridgehead atoms. The number of benzene rings is 2. The zero-order valence-electron chi connectivity index (χ0n) is 19.9. The Bertz CT molecular complexity index is 1090. The Morgan fingerprint density at radius 2 is 1.79 bits per heavy atom. The third kappa shape index (κ3) is 6.85. The Balaban J connectivity index is 1.77. The van der Waals surface area contributed by atoms with Crippen molar-refractivity contribution in [1.29, 1.82) is 0 Å². The van der Waals surface area contributed by atoms with Gasteiger partial charge in [-0.1, -0.05) is 64.1 Å². The molecule has 0 aliphatic heterocycles. The molecule has 7 heteroatoms. The molecule has 2 amide bonds. The van der Waals surface area contributed by atoms with Gasteiger partial charge in [-0.15, -0.1) is 11.3 Å². The number of hydrogen-bond acceptors (Lipinski definition) is 5. The van der Waals surface area contributed by atoms with Gasteiger partial charge in [-0.2, -0.15) is 0 Å². The summed E-state index contributed by atoms with van der Waals surface area (Å²) in [6.07, 6.45) is 1.28. The maximum absolute atomic E-state index is 13.2. The van der Waals surface area contributed by atoms with Crippen LogP contribution in [0, 0.1) is 0 Å². The Labute approximate surface area is 200 Å². The highest BCUT2D eigenvalue weighted by molar-refractivity contribution is 7.18. The van der Waals surface area contributed by atoms with Crippen LogP contribution in [0.2, 0.25) is 0 Å². The third-order valence-electron chi connectivity index (χ3n) is 5.61. The topological polar surface area (TPSA) is 97.1 Å². The molecule has 33 heavy (non-hydrogen) atoms. The van der Waals surface area contributed by atoms with Crippen LogP contribution in [-0.2, 0) is 27.8 Å². The van der Waals surface area contributed by atoms with E-state index in [1.54, 1.807) is 18.3 Å². The van der Waals surface area contributed by atoms with Crippen molar-refractivity contribution in [3.8, 4) is 0 Å². The lowest BCUT2D eigenvalue weighted by Gasteiger charge is -2.22. The van der Waals surface area contributed by atoms with Crippen molar-refractivity contribution in [2.24, 2.45) is 5.73 Å². The SMILES string of the molecule is CCC(=O)N[C@@H](Cc1nc2ccc(C(C)(C)C)cc2s1)C(=O)N[C@H](CN)Cc1ccccc1. The Kier molecular flexibility index (Phi) is 8.21. The quantitative estimate of drug-likeness (QED) is 0.448. The van der Waals surface area contributed by atoms with Gasteiger partial charge in [-0.25, -0.2) is 4.98 Å². The molecule has 0 aliphatic rings. The number of carbonyl (C=O) groups is 2. The predicted octanol–water partition coefficient (Wildman–Crippen LogP) is 3.72. The van der Waals surface area contributed by atoms with Crippen LogP contribution in [0.5, 0.6) is 0 Å². The molecule has 176 valence electrons. The standard InChI is InChI=1S/C26H34N4O2S/c1-5-23(31)29-21(25(32)28-19(16-27)13-17-9-7-6-8-10-17)15-24-30-20-12-11-18(26(2,3)4)14-22(20)33-24/h6-12,14,19,21H,5,13,15-16,27H2,1-4H3,(H,28,32)(H,29,31)/t19-,21-/m0/s1. The first-order valence-corrected chi connectivity index (χ1v) is 12.2. The van der Waals surface area contributed by atoms with Gasteiger partial charge in [0, 0.05) is 25.4 Å². The van der Waals surface area contributed by atoms with Crippen LogP contribution in [-0.4, -0.2) is 35.4 Å². The Morgan fingerprint density at radius 1 is 1.06 bits per heavy atom. The predicted molar refractivity (Wildman–Crippen MR) is 135 cm³/mol. The van der Waals surface area contributed by atoms with Crippen molar-refractivity contribution < 1.29 is 9.59 Å². The molecule has 4 N–H and O–H groups in total. The summed E-state index contributed by atoms with van der Waals surface area (Å²) in [5, 5.41) is 6.71. The highest BCUT2D eigenvalue weighted by atomic mass is 32.1. The van der Waals surface area contributed by atoms with E-state index in [1.165, 1.54) is 5.56 Å². The van der Waals surface area contributed by atoms with Crippen LogP contribution < -0.4 is 16.4 Å². The maximum atomic E-state index is 13.2. The highest BCUT2D eigenvalue weighted by Crippen LogP contribution is 2.29. The van der Waals surface area contributed by atoms with Gasteiger partial charge in [0.2, 0.25) is 11.8 Å². The van der Waals surface area contributed by atoms with Gasteiger partial charge >= 0.3 is 0 Å². The zero-order valence-corrected chi connectivity index (χ0v) is 20.7. The summed E-state index contributed by atoms with van der Waals surface area (Å²) in [4.78, 5) is 30.0. The number of aromatic nitrogens is 1. The maximum Gasteiger partial charge on any atom is 0.243 e. The summed E-state index contributed by atoms with van der Waals surface area (Å²) in [5.74, 6) is -0.406. The summed E-state index contributed by atoms with van der Waals surface area (Å²) in [6, 6.07) is 15.3. The minimum absolute atomic E-state index is 0.0475. The third-order valence-corrected chi connectivity index (χ3v) is 6.65. The van der Waals surface area contributed by atoms with Crippen molar-refractivity contribution in [1.82, 2.24) is 15.6 Å². The van der Waals surface area contributed by atoms with Gasteiger partial charge in [-0.3, -0.25) is 9.59 Å². The number of nitrogens with one attached hydrogen (secondary N) is 2. The number of nitrogens with two attached hydrogens (primary N) is 1. The fourth-order valence-corrected chi connectivity index (χ4v) is 4.65. The second-order valence-corrected chi connectivity index (χ2v) is 10.5. The van der Waals surface area contributed by atoms with Crippen molar-refractivity contribution in [2.45, 2.75) is 64.5 Å². The summed E-state index contributed by atoms with van der Waals surface area (Å²) in [7, 11) is 0. The minimum atomic E-state index is -0.704. The van der Waals surface area contributed by atoms with Crippen molar-refractivity contribution >= 4 is 33.4 Å². The Morgan fingerprint density at radius 3 is 2.42 bits per heavy atom. The lowest BCUT2D eigenvalue weighted by atomic mass is 9.87.